The van der Waals surface area contributed by atoms with E-state index >= 15 is 0 Å². The molecule has 1 aliphatic rings. The molecule has 1 aromatic carbocycles. The molecule has 1 saturated carbocycles. The Balaban J connectivity index is 2.01. The lowest BCUT2D eigenvalue weighted by Crippen LogP contribution is -2.24. The van der Waals surface area contributed by atoms with E-state index in [1.165, 1.54) is 5.56 Å². The third-order valence-electron chi connectivity index (χ3n) is 2.84. The SMILES string of the molecule is COc1ccc(C)cc1CNC(=O)C1CC1. The molecule has 0 radical (unpaired) electrons. The summed E-state index contributed by atoms with van der Waals surface area (Å²) in [4.78, 5) is 11.5. The van der Waals surface area contributed by atoms with Crippen LogP contribution in [0.15, 0.2) is 18.2 Å². The maximum atomic E-state index is 11.5. The second-order valence-corrected chi connectivity index (χ2v) is 4.31. The number of aryl methyl sites for hydroxylation is 1. The zero-order valence-electron chi connectivity index (χ0n) is 9.75. The third kappa shape index (κ3) is 2.54. The first-order valence-corrected chi connectivity index (χ1v) is 5.62. The van der Waals surface area contributed by atoms with Crippen LogP contribution in [-0.2, 0) is 11.3 Å². The molecule has 0 unspecified atom stereocenters. The Bertz CT molecular complexity index is 397. The average molecular weight is 219 g/mol. The van der Waals surface area contributed by atoms with E-state index in [4.69, 9.17) is 4.74 Å². The molecule has 0 aliphatic heterocycles. The highest BCUT2D eigenvalue weighted by atomic mass is 16.5. The van der Waals surface area contributed by atoms with Gasteiger partial charge in [-0.15, -0.1) is 0 Å². The molecule has 1 aromatic rings. The van der Waals surface area contributed by atoms with Crippen LogP contribution in [0.5, 0.6) is 5.75 Å². The van der Waals surface area contributed by atoms with Crippen LogP contribution in [0.3, 0.4) is 0 Å². The molecular formula is C13H17NO2. The van der Waals surface area contributed by atoms with Crippen LogP contribution in [0.1, 0.15) is 24.0 Å². The fourth-order valence-electron chi connectivity index (χ4n) is 1.72. The Morgan fingerprint density at radius 1 is 1.50 bits per heavy atom. The Hall–Kier alpha value is -1.51. The summed E-state index contributed by atoms with van der Waals surface area (Å²) in [6.45, 7) is 2.59. The van der Waals surface area contributed by atoms with E-state index in [2.05, 4.69) is 5.32 Å². The minimum atomic E-state index is 0.170. The number of nitrogens with one attached hydrogen (secondary N) is 1. The lowest BCUT2D eigenvalue weighted by Gasteiger charge is -2.10. The first-order valence-electron chi connectivity index (χ1n) is 5.62. The summed E-state index contributed by atoms with van der Waals surface area (Å²) in [5.41, 5.74) is 2.22. The van der Waals surface area contributed by atoms with Crippen LogP contribution in [0.2, 0.25) is 0 Å². The third-order valence-corrected chi connectivity index (χ3v) is 2.84. The number of benzene rings is 1. The molecule has 0 atom stereocenters. The average Bonchev–Trinajstić information content (AvgIpc) is 3.10. The van der Waals surface area contributed by atoms with E-state index in [-0.39, 0.29) is 11.8 Å². The lowest BCUT2D eigenvalue weighted by molar-refractivity contribution is -0.122. The quantitative estimate of drug-likeness (QED) is 0.841. The van der Waals surface area contributed by atoms with Gasteiger partial charge in [-0.3, -0.25) is 4.79 Å². The van der Waals surface area contributed by atoms with Gasteiger partial charge in [0.05, 0.1) is 7.11 Å². The first-order chi connectivity index (χ1) is 7.70. The fraction of sp³-hybridized carbons (Fsp3) is 0.462. The van der Waals surface area contributed by atoms with E-state index in [1.54, 1.807) is 7.11 Å². The molecule has 0 heterocycles. The molecule has 0 spiro atoms. The Labute approximate surface area is 95.8 Å². The van der Waals surface area contributed by atoms with Crippen LogP contribution in [0.4, 0.5) is 0 Å². The number of hydrogen-bond donors (Lipinski definition) is 1. The van der Waals surface area contributed by atoms with Crippen LogP contribution in [0.25, 0.3) is 0 Å². The highest BCUT2D eigenvalue weighted by Gasteiger charge is 2.29. The largest absolute Gasteiger partial charge is 0.496 e. The van der Waals surface area contributed by atoms with Crippen molar-refractivity contribution in [2.45, 2.75) is 26.3 Å². The predicted molar refractivity (Wildman–Crippen MR) is 62.3 cm³/mol. The van der Waals surface area contributed by atoms with Crippen LogP contribution in [0, 0.1) is 12.8 Å². The first kappa shape index (κ1) is 11.0. The van der Waals surface area contributed by atoms with E-state index in [0.29, 0.717) is 6.54 Å². The van der Waals surface area contributed by atoms with Gasteiger partial charge < -0.3 is 10.1 Å². The van der Waals surface area contributed by atoms with Crippen LogP contribution < -0.4 is 10.1 Å². The Kier molecular flexibility index (Phi) is 3.13. The Morgan fingerprint density at radius 2 is 2.25 bits per heavy atom. The van der Waals surface area contributed by atoms with Crippen molar-refractivity contribution in [2.24, 2.45) is 5.92 Å². The molecule has 1 N–H and O–H groups in total. The highest BCUT2D eigenvalue weighted by Crippen LogP contribution is 2.29. The predicted octanol–water partition coefficient (Wildman–Crippen LogP) is 2.03. The van der Waals surface area contributed by atoms with Gasteiger partial charge in [-0.2, -0.15) is 0 Å². The minimum Gasteiger partial charge on any atom is -0.496 e. The summed E-state index contributed by atoms with van der Waals surface area (Å²) in [6, 6.07) is 5.99. The van der Waals surface area contributed by atoms with Gasteiger partial charge >= 0.3 is 0 Å². The number of rotatable bonds is 4. The molecule has 1 amide bonds. The normalized spacial score (nSPS) is 14.6. The molecule has 2 rings (SSSR count). The van der Waals surface area contributed by atoms with E-state index < -0.39 is 0 Å². The van der Waals surface area contributed by atoms with Crippen molar-refractivity contribution >= 4 is 5.91 Å². The number of ether oxygens (including phenoxy) is 1. The van der Waals surface area contributed by atoms with Gasteiger partial charge in [0.25, 0.3) is 0 Å². The fourth-order valence-corrected chi connectivity index (χ4v) is 1.72. The number of amides is 1. The van der Waals surface area contributed by atoms with Crippen molar-refractivity contribution in [3.05, 3.63) is 29.3 Å². The van der Waals surface area contributed by atoms with Crippen LogP contribution >= 0.6 is 0 Å². The molecule has 0 aromatic heterocycles. The molecule has 3 nitrogen and oxygen atoms in total. The van der Waals surface area contributed by atoms with Gasteiger partial charge in [-0.25, -0.2) is 0 Å². The van der Waals surface area contributed by atoms with Gasteiger partial charge in [-0.1, -0.05) is 17.7 Å². The molecule has 0 saturated heterocycles. The molecule has 16 heavy (non-hydrogen) atoms. The summed E-state index contributed by atoms with van der Waals surface area (Å²) < 4.78 is 5.26. The highest BCUT2D eigenvalue weighted by molar-refractivity contribution is 5.80. The van der Waals surface area contributed by atoms with Gasteiger partial charge in [0, 0.05) is 18.0 Å². The summed E-state index contributed by atoms with van der Waals surface area (Å²) in [5, 5.41) is 2.94. The second-order valence-electron chi connectivity index (χ2n) is 4.31. The summed E-state index contributed by atoms with van der Waals surface area (Å²) in [6.07, 6.45) is 2.08. The van der Waals surface area contributed by atoms with Gasteiger partial charge in [0.15, 0.2) is 0 Å². The van der Waals surface area contributed by atoms with Crippen molar-refractivity contribution in [3.63, 3.8) is 0 Å². The smallest absolute Gasteiger partial charge is 0.223 e. The number of methoxy groups -OCH3 is 1. The zero-order valence-corrected chi connectivity index (χ0v) is 9.75. The minimum absolute atomic E-state index is 0.170. The maximum absolute atomic E-state index is 11.5. The van der Waals surface area contributed by atoms with E-state index in [9.17, 15) is 4.79 Å². The maximum Gasteiger partial charge on any atom is 0.223 e. The molecule has 3 heteroatoms. The van der Waals surface area contributed by atoms with Gasteiger partial charge in [-0.05, 0) is 25.8 Å². The van der Waals surface area contributed by atoms with E-state index in [1.807, 2.05) is 25.1 Å². The zero-order chi connectivity index (χ0) is 11.5. The topological polar surface area (TPSA) is 38.3 Å². The van der Waals surface area contributed by atoms with Gasteiger partial charge in [0.1, 0.15) is 5.75 Å². The summed E-state index contributed by atoms with van der Waals surface area (Å²) in [7, 11) is 1.65. The van der Waals surface area contributed by atoms with Gasteiger partial charge in [0.2, 0.25) is 5.91 Å². The monoisotopic (exact) mass is 219 g/mol. The van der Waals surface area contributed by atoms with Crippen molar-refractivity contribution in [3.8, 4) is 5.75 Å². The molecular weight excluding hydrogens is 202 g/mol. The molecule has 0 bridgehead atoms. The van der Waals surface area contributed by atoms with E-state index in [0.717, 1.165) is 24.2 Å². The summed E-state index contributed by atoms with van der Waals surface area (Å²) in [5.74, 6) is 1.26. The molecule has 86 valence electrons. The number of hydrogen-bond acceptors (Lipinski definition) is 2. The number of carbonyl (C=O) groups is 1. The van der Waals surface area contributed by atoms with Crippen molar-refractivity contribution in [1.29, 1.82) is 0 Å². The van der Waals surface area contributed by atoms with Crippen molar-refractivity contribution in [1.82, 2.24) is 5.32 Å². The molecule has 1 fully saturated rings. The van der Waals surface area contributed by atoms with Crippen molar-refractivity contribution < 1.29 is 9.53 Å². The molecule has 1 aliphatic carbocycles. The number of carbonyl (C=O) groups excluding carboxylic acids is 1. The lowest BCUT2D eigenvalue weighted by atomic mass is 10.1. The second kappa shape index (κ2) is 4.56. The summed E-state index contributed by atoms with van der Waals surface area (Å²) >= 11 is 0. The van der Waals surface area contributed by atoms with Crippen LogP contribution in [-0.4, -0.2) is 13.0 Å². The standard InChI is InChI=1S/C13H17NO2/c1-9-3-6-12(16-2)11(7-9)8-14-13(15)10-4-5-10/h3,6-7,10H,4-5,8H2,1-2H3,(H,14,15). The Morgan fingerprint density at radius 3 is 2.88 bits per heavy atom. The van der Waals surface area contributed by atoms with Crippen molar-refractivity contribution in [2.75, 3.05) is 7.11 Å².